The van der Waals surface area contributed by atoms with Crippen LogP contribution in [0.25, 0.3) is 0 Å². The van der Waals surface area contributed by atoms with Gasteiger partial charge in [-0.05, 0) is 164 Å². The van der Waals surface area contributed by atoms with Crippen LogP contribution >= 0.6 is 58.0 Å². The number of aryl methyl sites for hydroxylation is 3. The second kappa shape index (κ2) is 27.5. The number of benzene rings is 8. The van der Waals surface area contributed by atoms with Gasteiger partial charge in [0.25, 0.3) is 0 Å². The van der Waals surface area contributed by atoms with Crippen molar-refractivity contribution in [2.24, 2.45) is 0 Å². The lowest BCUT2D eigenvalue weighted by atomic mass is 10.1. The number of Topliss-reactive ketones (excluding diaryl/α,β-unsaturated/α-hetero) is 1. The van der Waals surface area contributed by atoms with Crippen LogP contribution in [-0.2, 0) is 19.8 Å². The Hall–Kier alpha value is -5.92. The molecule has 0 atom stereocenters. The molecular weight excluding hydrogens is 926 g/mol. The number of rotatable bonds is 13. The van der Waals surface area contributed by atoms with E-state index in [1.807, 2.05) is 133 Å². The van der Waals surface area contributed by atoms with Gasteiger partial charge in [-0.1, -0.05) is 142 Å². The van der Waals surface area contributed by atoms with Crippen LogP contribution in [0.15, 0.2) is 194 Å². The van der Waals surface area contributed by atoms with Crippen LogP contribution in [0.3, 0.4) is 0 Å². The van der Waals surface area contributed by atoms with Gasteiger partial charge in [0.1, 0.15) is 24.7 Å². The molecule has 0 saturated heterocycles. The third kappa shape index (κ3) is 19.3. The highest BCUT2D eigenvalue weighted by Crippen LogP contribution is 2.20. The van der Waals surface area contributed by atoms with Gasteiger partial charge in [-0.15, -0.1) is 0 Å². The molecule has 0 aliphatic carbocycles. The monoisotopic (exact) mass is 974 g/mol. The maximum absolute atomic E-state index is 11.9. The third-order valence-electron chi connectivity index (χ3n) is 9.72. The van der Waals surface area contributed by atoms with Gasteiger partial charge >= 0.3 is 0 Å². The molecule has 0 fully saturated rings. The van der Waals surface area contributed by atoms with E-state index in [1.54, 1.807) is 36.4 Å². The SMILES string of the molecule is Cc1ccc(OCc2cccc(Cl)c2)cc1.Cc1ccc(OCc2ccccc2)cc1C.Clc1cccc(CNc2cccc(Cl)c2)c1.O=C(CNc1ccc(Cl)cc1)c1ccc(Cl)cc1. The highest BCUT2D eigenvalue weighted by Gasteiger charge is 2.05. The van der Waals surface area contributed by atoms with Gasteiger partial charge in [-0.3, -0.25) is 4.79 Å². The van der Waals surface area contributed by atoms with Gasteiger partial charge in [-0.2, -0.15) is 0 Å². The van der Waals surface area contributed by atoms with Crippen molar-refractivity contribution in [1.29, 1.82) is 0 Å². The zero-order chi connectivity index (χ0) is 47.1. The molecule has 0 saturated carbocycles. The van der Waals surface area contributed by atoms with Crippen LogP contribution in [0.2, 0.25) is 25.1 Å². The summed E-state index contributed by atoms with van der Waals surface area (Å²) < 4.78 is 11.4. The summed E-state index contributed by atoms with van der Waals surface area (Å²) in [6.45, 7) is 8.42. The first kappa shape index (κ1) is 51.1. The summed E-state index contributed by atoms with van der Waals surface area (Å²) in [6.07, 6.45) is 0. The molecule has 0 radical (unpaired) electrons. The van der Waals surface area contributed by atoms with E-state index in [0.717, 1.165) is 55.6 Å². The third-order valence-corrected chi connectivity index (χ3v) is 10.9. The number of carbonyl (C=O) groups excluding carboxylic acids is 1. The highest BCUT2D eigenvalue weighted by molar-refractivity contribution is 6.31. The number of hydrogen-bond acceptors (Lipinski definition) is 5. The molecule has 10 heteroatoms. The van der Waals surface area contributed by atoms with Crippen molar-refractivity contribution in [2.45, 2.75) is 40.5 Å². The van der Waals surface area contributed by atoms with Gasteiger partial charge in [0.2, 0.25) is 0 Å². The Balaban J connectivity index is 0.000000165. The Kier molecular flexibility index (Phi) is 21.3. The van der Waals surface area contributed by atoms with E-state index in [2.05, 4.69) is 55.7 Å². The minimum atomic E-state index is 0.0154. The quantitative estimate of drug-likeness (QED) is 0.113. The molecule has 8 rings (SSSR count). The standard InChI is InChI=1S/C15H16O.C14H11Cl2NO.C14H13ClO.C13H11Cl2N/c1-12-8-9-15(10-13(12)2)16-11-14-6-4-3-5-7-14;15-11-3-1-10(2-4-11)14(18)9-17-13-7-5-12(16)6-8-13;1-11-5-7-14(8-6-11)16-10-12-3-2-4-13(15)9-12;14-11-4-1-3-10(7-11)9-16-13-6-2-5-12(15)8-13/h3-10H,11H2,1-2H3;1-8,17H,9H2;2-9H,10H2,1H3;1-8,16H,9H2. The molecule has 0 bridgehead atoms. The molecular formula is C56H51Cl5N2O3. The Morgan fingerprint density at radius 2 is 0.955 bits per heavy atom. The topological polar surface area (TPSA) is 59.6 Å². The van der Waals surface area contributed by atoms with Crippen molar-refractivity contribution in [2.75, 3.05) is 17.2 Å². The van der Waals surface area contributed by atoms with Crippen LogP contribution in [0.1, 0.15) is 43.7 Å². The molecule has 66 heavy (non-hydrogen) atoms. The highest BCUT2D eigenvalue weighted by atomic mass is 35.5. The molecule has 0 aliphatic rings. The van der Waals surface area contributed by atoms with E-state index >= 15 is 0 Å². The number of halogens is 5. The van der Waals surface area contributed by atoms with E-state index < -0.39 is 0 Å². The second-order valence-electron chi connectivity index (χ2n) is 15.0. The van der Waals surface area contributed by atoms with Crippen molar-refractivity contribution in [1.82, 2.24) is 0 Å². The van der Waals surface area contributed by atoms with E-state index in [1.165, 1.54) is 22.3 Å². The molecule has 0 spiro atoms. The summed E-state index contributed by atoms with van der Waals surface area (Å²) in [5, 5.41) is 9.85. The van der Waals surface area contributed by atoms with Crippen molar-refractivity contribution in [3.8, 4) is 11.5 Å². The summed E-state index contributed by atoms with van der Waals surface area (Å²) in [5.74, 6) is 1.83. The predicted molar refractivity (Wildman–Crippen MR) is 280 cm³/mol. The number of hydrogen-bond donors (Lipinski definition) is 2. The van der Waals surface area contributed by atoms with Crippen molar-refractivity contribution in [3.05, 3.63) is 258 Å². The minimum Gasteiger partial charge on any atom is -0.489 e. The average Bonchev–Trinajstić information content (AvgIpc) is 3.32. The van der Waals surface area contributed by atoms with E-state index in [4.69, 9.17) is 67.5 Å². The van der Waals surface area contributed by atoms with E-state index in [-0.39, 0.29) is 12.3 Å². The van der Waals surface area contributed by atoms with Crippen molar-refractivity contribution < 1.29 is 14.3 Å². The van der Waals surface area contributed by atoms with Gasteiger partial charge in [-0.25, -0.2) is 0 Å². The smallest absolute Gasteiger partial charge is 0.181 e. The Morgan fingerprint density at radius 3 is 1.58 bits per heavy atom. The van der Waals surface area contributed by atoms with E-state index in [0.29, 0.717) is 28.8 Å². The molecule has 338 valence electrons. The summed E-state index contributed by atoms with van der Waals surface area (Å²) in [5.41, 5.74) is 9.73. The Bertz CT molecular complexity index is 2650. The lowest BCUT2D eigenvalue weighted by molar-refractivity contribution is 0.101. The molecule has 8 aromatic rings. The fraction of sp³-hybridized carbons (Fsp3) is 0.125. The molecule has 0 aliphatic heterocycles. The van der Waals surface area contributed by atoms with Crippen molar-refractivity contribution in [3.63, 3.8) is 0 Å². The number of ketones is 1. The number of carbonyl (C=O) groups is 1. The Labute approximate surface area is 414 Å². The van der Waals surface area contributed by atoms with Crippen LogP contribution in [0.5, 0.6) is 11.5 Å². The van der Waals surface area contributed by atoms with Crippen LogP contribution in [0, 0.1) is 20.8 Å². The molecule has 0 aromatic heterocycles. The number of anilines is 2. The summed E-state index contributed by atoms with van der Waals surface area (Å²) in [6, 6.07) is 61.6. The lowest BCUT2D eigenvalue weighted by Gasteiger charge is -2.08. The number of nitrogens with one attached hydrogen (secondary N) is 2. The zero-order valence-electron chi connectivity index (χ0n) is 36.9. The molecule has 8 aromatic carbocycles. The van der Waals surface area contributed by atoms with Gasteiger partial charge in [0.15, 0.2) is 5.78 Å². The first-order valence-electron chi connectivity index (χ1n) is 21.1. The van der Waals surface area contributed by atoms with Crippen LogP contribution in [0.4, 0.5) is 11.4 Å². The van der Waals surface area contributed by atoms with Crippen LogP contribution < -0.4 is 20.1 Å². The predicted octanol–water partition coefficient (Wildman–Crippen LogP) is 17.0. The zero-order valence-corrected chi connectivity index (χ0v) is 40.7. The summed E-state index contributed by atoms with van der Waals surface area (Å²) >= 11 is 29.2. The van der Waals surface area contributed by atoms with Gasteiger partial charge < -0.3 is 20.1 Å². The molecule has 0 amide bonds. The maximum atomic E-state index is 11.9. The molecule has 0 unspecified atom stereocenters. The average molecular weight is 977 g/mol. The Morgan fingerprint density at radius 1 is 0.424 bits per heavy atom. The first-order valence-corrected chi connectivity index (χ1v) is 23.0. The first-order chi connectivity index (χ1) is 31.9. The lowest BCUT2D eigenvalue weighted by Crippen LogP contribution is -2.13. The molecule has 5 nitrogen and oxygen atoms in total. The van der Waals surface area contributed by atoms with E-state index in [9.17, 15) is 4.79 Å². The molecule has 0 heterocycles. The second-order valence-corrected chi connectivity index (χ2v) is 17.2. The summed E-state index contributed by atoms with van der Waals surface area (Å²) in [7, 11) is 0. The van der Waals surface area contributed by atoms with Gasteiger partial charge in [0.05, 0.1) is 6.54 Å². The minimum absolute atomic E-state index is 0.0154. The maximum Gasteiger partial charge on any atom is 0.181 e. The number of ether oxygens (including phenoxy) is 2. The van der Waals surface area contributed by atoms with Gasteiger partial charge in [0, 0.05) is 48.6 Å². The largest absolute Gasteiger partial charge is 0.489 e. The van der Waals surface area contributed by atoms with Crippen molar-refractivity contribution >= 4 is 75.2 Å². The summed E-state index contributed by atoms with van der Waals surface area (Å²) in [4.78, 5) is 11.9. The van der Waals surface area contributed by atoms with Crippen LogP contribution in [-0.4, -0.2) is 12.3 Å². The molecule has 2 N–H and O–H groups in total. The normalized spacial score (nSPS) is 10.1. The fourth-order valence-electron chi connectivity index (χ4n) is 5.91. The fourth-order valence-corrected chi connectivity index (χ4v) is 6.78.